The third-order valence-electron chi connectivity index (χ3n) is 4.94. The third-order valence-corrected chi connectivity index (χ3v) is 4.94. The Morgan fingerprint density at radius 1 is 0.600 bits per heavy atom. The molecule has 0 unspecified atom stereocenters. The van der Waals surface area contributed by atoms with Crippen LogP contribution in [-0.2, 0) is 6.54 Å². The fourth-order valence-electron chi connectivity index (χ4n) is 3.65. The highest BCUT2D eigenvalue weighted by Crippen LogP contribution is 2.34. The smallest absolute Gasteiger partial charge is 0.0841 e. The maximum absolute atomic E-state index is 5.64. The van der Waals surface area contributed by atoms with Crippen molar-refractivity contribution in [2.75, 3.05) is 36.0 Å². The second-order valence-electron chi connectivity index (χ2n) is 6.72. The molecule has 0 atom stereocenters. The number of fused-ring (bicyclic) bond motifs is 3. The van der Waals surface area contributed by atoms with Crippen LogP contribution in [0.4, 0.5) is 11.4 Å². The standard InChI is InChI=1S/C27H21N3/c1-6-15-28(16-7-2)22-11-13-26-24(20-22)25-21-23(29(17-8-3)18-9-4)12-14-27(25)30(26)19-10-5/h1-5,11-14,20-21H,15-19H2. The zero-order chi connectivity index (χ0) is 21.5. The fraction of sp³-hybridized carbons (Fsp3) is 0.185. The van der Waals surface area contributed by atoms with E-state index in [9.17, 15) is 0 Å². The van der Waals surface area contributed by atoms with E-state index in [-0.39, 0.29) is 0 Å². The molecule has 0 saturated carbocycles. The number of rotatable bonds is 7. The summed E-state index contributed by atoms with van der Waals surface area (Å²) in [4.78, 5) is 3.97. The second-order valence-corrected chi connectivity index (χ2v) is 6.72. The van der Waals surface area contributed by atoms with E-state index in [2.05, 4.69) is 58.4 Å². The fourth-order valence-corrected chi connectivity index (χ4v) is 3.65. The van der Waals surface area contributed by atoms with E-state index in [1.165, 1.54) is 0 Å². The van der Waals surface area contributed by atoms with Gasteiger partial charge in [0.15, 0.2) is 0 Å². The summed E-state index contributed by atoms with van der Waals surface area (Å²) < 4.78 is 2.12. The molecular formula is C27H21N3. The molecule has 0 spiro atoms. The molecule has 0 amide bonds. The molecule has 0 fully saturated rings. The monoisotopic (exact) mass is 387 g/mol. The SMILES string of the molecule is C#CCN(CC#C)c1ccc2c(c1)c1cc(N(CC#C)CC#C)ccc1n2CC#C. The van der Waals surface area contributed by atoms with Crippen molar-refractivity contribution in [3.63, 3.8) is 0 Å². The van der Waals surface area contributed by atoms with E-state index >= 15 is 0 Å². The van der Waals surface area contributed by atoms with E-state index in [1.54, 1.807) is 0 Å². The average molecular weight is 387 g/mol. The van der Waals surface area contributed by atoms with Gasteiger partial charge in [0.2, 0.25) is 0 Å². The van der Waals surface area contributed by atoms with Gasteiger partial charge >= 0.3 is 0 Å². The normalized spacial score (nSPS) is 9.83. The molecule has 0 aliphatic heterocycles. The van der Waals surface area contributed by atoms with Gasteiger partial charge < -0.3 is 14.4 Å². The Balaban J connectivity index is 2.25. The highest BCUT2D eigenvalue weighted by molar-refractivity contribution is 6.10. The maximum atomic E-state index is 5.64. The number of anilines is 2. The quantitative estimate of drug-likeness (QED) is 0.574. The third kappa shape index (κ3) is 3.78. The largest absolute Gasteiger partial charge is 0.349 e. The van der Waals surface area contributed by atoms with Crippen molar-refractivity contribution in [3.8, 4) is 61.7 Å². The second kappa shape index (κ2) is 9.22. The topological polar surface area (TPSA) is 11.4 Å². The van der Waals surface area contributed by atoms with Gasteiger partial charge in [0.05, 0.1) is 43.8 Å². The van der Waals surface area contributed by atoms with Crippen molar-refractivity contribution in [1.29, 1.82) is 0 Å². The molecule has 2 aromatic carbocycles. The minimum Gasteiger partial charge on any atom is -0.349 e. The van der Waals surface area contributed by atoms with E-state index in [0.717, 1.165) is 33.2 Å². The number of benzene rings is 2. The van der Waals surface area contributed by atoms with Gasteiger partial charge in [-0.25, -0.2) is 0 Å². The van der Waals surface area contributed by atoms with Gasteiger partial charge in [-0.2, -0.15) is 0 Å². The molecule has 1 aromatic heterocycles. The molecule has 3 heteroatoms. The minimum absolute atomic E-state index is 0.433. The van der Waals surface area contributed by atoms with Crippen molar-refractivity contribution in [3.05, 3.63) is 36.4 Å². The molecule has 0 radical (unpaired) electrons. The Bertz CT molecular complexity index is 1160. The maximum Gasteiger partial charge on any atom is 0.0841 e. The lowest BCUT2D eigenvalue weighted by molar-refractivity contribution is 0.922. The van der Waals surface area contributed by atoms with Crippen LogP contribution in [0.15, 0.2) is 36.4 Å². The van der Waals surface area contributed by atoms with Gasteiger partial charge in [-0.3, -0.25) is 0 Å². The molecule has 30 heavy (non-hydrogen) atoms. The van der Waals surface area contributed by atoms with Crippen LogP contribution in [0.2, 0.25) is 0 Å². The molecule has 3 rings (SSSR count). The van der Waals surface area contributed by atoms with Crippen LogP contribution in [0.5, 0.6) is 0 Å². The Hall–Kier alpha value is -4.36. The minimum atomic E-state index is 0.433. The Kier molecular flexibility index (Phi) is 6.26. The van der Waals surface area contributed by atoms with Gasteiger partial charge in [0.1, 0.15) is 0 Å². The zero-order valence-corrected chi connectivity index (χ0v) is 16.7. The summed E-state index contributed by atoms with van der Waals surface area (Å²) in [6.07, 6.45) is 27.8. The van der Waals surface area contributed by atoms with Gasteiger partial charge in [0, 0.05) is 22.1 Å². The summed E-state index contributed by atoms with van der Waals surface area (Å²) in [5, 5.41) is 2.14. The summed E-state index contributed by atoms with van der Waals surface area (Å²) in [6.45, 7) is 2.20. The van der Waals surface area contributed by atoms with Crippen LogP contribution >= 0.6 is 0 Å². The molecule has 3 aromatic rings. The Morgan fingerprint density at radius 3 is 1.33 bits per heavy atom. The van der Waals surface area contributed by atoms with Gasteiger partial charge in [-0.05, 0) is 36.4 Å². The van der Waals surface area contributed by atoms with Gasteiger partial charge in [-0.1, -0.05) is 29.6 Å². The lowest BCUT2D eigenvalue weighted by Gasteiger charge is -2.20. The van der Waals surface area contributed by atoms with Crippen LogP contribution in [0.1, 0.15) is 0 Å². The van der Waals surface area contributed by atoms with Crippen LogP contribution in [0.3, 0.4) is 0 Å². The highest BCUT2D eigenvalue weighted by Gasteiger charge is 2.15. The van der Waals surface area contributed by atoms with E-state index in [4.69, 9.17) is 32.1 Å². The number of hydrogen-bond donors (Lipinski definition) is 0. The number of terminal acetylenes is 5. The summed E-state index contributed by atoms with van der Waals surface area (Å²) in [5.74, 6) is 13.4. The van der Waals surface area contributed by atoms with Crippen molar-refractivity contribution < 1.29 is 0 Å². The molecule has 144 valence electrons. The summed E-state index contributed by atoms with van der Waals surface area (Å²) in [5.41, 5.74) is 4.02. The average Bonchev–Trinajstić information content (AvgIpc) is 3.06. The first-order valence-electron chi connectivity index (χ1n) is 9.41. The van der Waals surface area contributed by atoms with Crippen molar-refractivity contribution >= 4 is 33.2 Å². The van der Waals surface area contributed by atoms with E-state index < -0.39 is 0 Å². The zero-order valence-electron chi connectivity index (χ0n) is 16.7. The predicted octanol–water partition coefficient (Wildman–Crippen LogP) is 3.57. The Labute approximate surface area is 178 Å². The van der Waals surface area contributed by atoms with Gasteiger partial charge in [-0.15, -0.1) is 32.1 Å². The van der Waals surface area contributed by atoms with Crippen molar-refractivity contribution in [2.24, 2.45) is 0 Å². The number of aromatic nitrogens is 1. The van der Waals surface area contributed by atoms with Gasteiger partial charge in [0.25, 0.3) is 0 Å². The molecule has 0 saturated heterocycles. The molecule has 0 bridgehead atoms. The van der Waals surface area contributed by atoms with Crippen LogP contribution < -0.4 is 9.80 Å². The first kappa shape index (κ1) is 20.4. The van der Waals surface area contributed by atoms with Crippen LogP contribution in [-0.4, -0.2) is 30.7 Å². The number of nitrogens with zero attached hydrogens (tertiary/aromatic N) is 3. The summed E-state index contributed by atoms with van der Waals surface area (Å²) in [6, 6.07) is 12.4. The molecule has 0 N–H and O–H groups in total. The molecular weight excluding hydrogens is 366 g/mol. The van der Waals surface area contributed by atoms with E-state index in [0.29, 0.717) is 32.7 Å². The van der Waals surface area contributed by atoms with Crippen LogP contribution in [0, 0.1) is 61.7 Å². The summed E-state index contributed by atoms with van der Waals surface area (Å²) >= 11 is 0. The van der Waals surface area contributed by atoms with E-state index in [1.807, 2.05) is 21.9 Å². The number of hydrogen-bond acceptors (Lipinski definition) is 2. The summed E-state index contributed by atoms with van der Waals surface area (Å²) in [7, 11) is 0. The molecule has 1 heterocycles. The highest BCUT2D eigenvalue weighted by atomic mass is 15.1. The lowest BCUT2D eigenvalue weighted by atomic mass is 10.1. The van der Waals surface area contributed by atoms with Crippen LogP contribution in [0.25, 0.3) is 21.8 Å². The lowest BCUT2D eigenvalue weighted by Crippen LogP contribution is -2.23. The molecule has 0 aliphatic carbocycles. The molecule has 0 aliphatic rings. The van der Waals surface area contributed by atoms with Crippen molar-refractivity contribution in [1.82, 2.24) is 4.57 Å². The Morgan fingerprint density at radius 2 is 1.00 bits per heavy atom. The van der Waals surface area contributed by atoms with Crippen molar-refractivity contribution in [2.45, 2.75) is 6.54 Å². The first-order chi connectivity index (χ1) is 14.7. The molecule has 3 nitrogen and oxygen atoms in total. The predicted molar refractivity (Wildman–Crippen MR) is 128 cm³/mol. The first-order valence-corrected chi connectivity index (χ1v) is 9.41.